The lowest BCUT2D eigenvalue weighted by Crippen LogP contribution is -2.62. The lowest BCUT2D eigenvalue weighted by atomic mass is 10.0. The van der Waals surface area contributed by atoms with Crippen LogP contribution in [0.5, 0.6) is 0 Å². The van der Waals surface area contributed by atoms with Gasteiger partial charge < -0.3 is 15.1 Å². The minimum Gasteiger partial charge on any atom is -0.355 e. The van der Waals surface area contributed by atoms with Crippen molar-refractivity contribution in [2.75, 3.05) is 36.0 Å². The fourth-order valence-corrected chi connectivity index (χ4v) is 3.67. The van der Waals surface area contributed by atoms with Crippen LogP contribution in [-0.4, -0.2) is 38.1 Å². The summed E-state index contributed by atoms with van der Waals surface area (Å²) in [6.45, 7) is 7.43. The molecule has 0 aliphatic carbocycles. The Morgan fingerprint density at radius 3 is 3.00 bits per heavy atom. The van der Waals surface area contributed by atoms with Gasteiger partial charge in [0, 0.05) is 30.7 Å². The number of halogens is 1. The van der Waals surface area contributed by atoms with Crippen molar-refractivity contribution in [3.05, 3.63) is 22.2 Å². The fourth-order valence-electron chi connectivity index (χ4n) is 3.11. The largest absolute Gasteiger partial charge is 0.355 e. The number of carbonyl (C=O) groups excluding carboxylic acids is 1. The van der Waals surface area contributed by atoms with E-state index in [9.17, 15) is 4.79 Å². The first-order valence-corrected chi connectivity index (χ1v) is 7.51. The van der Waals surface area contributed by atoms with Gasteiger partial charge >= 0.3 is 0 Å². The van der Waals surface area contributed by atoms with Crippen molar-refractivity contribution in [1.82, 2.24) is 5.32 Å². The Bertz CT molecular complexity index is 532. The molecule has 0 radical (unpaired) electrons. The highest BCUT2D eigenvalue weighted by Crippen LogP contribution is 2.41. The normalized spacial score (nSPS) is 22.3. The smallest absolute Gasteiger partial charge is 0.251 e. The molecule has 4 nitrogen and oxygen atoms in total. The van der Waals surface area contributed by atoms with Gasteiger partial charge in [0.25, 0.3) is 5.91 Å². The molecule has 5 heteroatoms. The Labute approximate surface area is 121 Å². The van der Waals surface area contributed by atoms with E-state index in [0.29, 0.717) is 6.54 Å². The van der Waals surface area contributed by atoms with E-state index in [-0.39, 0.29) is 11.9 Å². The number of anilines is 2. The summed E-state index contributed by atoms with van der Waals surface area (Å²) in [6.07, 6.45) is 0. The SMILES string of the molecule is CCN1C(=O)C2CNCCN2c2c(C)cc(Br)cc21. The number of hydrogen-bond donors (Lipinski definition) is 1. The molecule has 0 aromatic heterocycles. The third kappa shape index (κ3) is 1.96. The summed E-state index contributed by atoms with van der Waals surface area (Å²) >= 11 is 3.54. The van der Waals surface area contributed by atoms with Crippen molar-refractivity contribution in [2.45, 2.75) is 19.9 Å². The molecule has 1 atom stereocenters. The zero-order chi connectivity index (χ0) is 13.6. The van der Waals surface area contributed by atoms with E-state index in [1.807, 2.05) is 11.8 Å². The Kier molecular flexibility index (Phi) is 3.27. The molecule has 1 aromatic carbocycles. The topological polar surface area (TPSA) is 35.6 Å². The molecule has 1 fully saturated rings. The van der Waals surface area contributed by atoms with E-state index in [1.54, 1.807) is 0 Å². The van der Waals surface area contributed by atoms with Gasteiger partial charge in [0.1, 0.15) is 6.04 Å². The number of fused-ring (bicyclic) bond motifs is 3. The molecule has 102 valence electrons. The number of rotatable bonds is 1. The van der Waals surface area contributed by atoms with E-state index in [4.69, 9.17) is 0 Å². The van der Waals surface area contributed by atoms with Gasteiger partial charge in [-0.3, -0.25) is 4.79 Å². The van der Waals surface area contributed by atoms with E-state index in [0.717, 1.165) is 29.8 Å². The lowest BCUT2D eigenvalue weighted by Gasteiger charge is -2.46. The molecular formula is C14H18BrN3O. The van der Waals surface area contributed by atoms with E-state index in [1.165, 1.54) is 11.3 Å². The summed E-state index contributed by atoms with van der Waals surface area (Å²) in [4.78, 5) is 16.8. The van der Waals surface area contributed by atoms with Gasteiger partial charge in [0.2, 0.25) is 0 Å². The fraction of sp³-hybridized carbons (Fsp3) is 0.500. The van der Waals surface area contributed by atoms with Crippen LogP contribution in [0, 0.1) is 6.92 Å². The summed E-state index contributed by atoms with van der Waals surface area (Å²) in [5.74, 6) is 0.208. The number of nitrogens with zero attached hydrogens (tertiary/aromatic N) is 2. The van der Waals surface area contributed by atoms with Crippen molar-refractivity contribution >= 4 is 33.2 Å². The molecule has 2 aliphatic rings. The minimum absolute atomic E-state index is 0.0546. The molecule has 1 saturated heterocycles. The zero-order valence-electron chi connectivity index (χ0n) is 11.2. The minimum atomic E-state index is -0.0546. The van der Waals surface area contributed by atoms with Gasteiger partial charge in [0.05, 0.1) is 11.4 Å². The summed E-state index contributed by atoms with van der Waals surface area (Å²) in [5, 5.41) is 3.32. The second-order valence-electron chi connectivity index (χ2n) is 5.09. The molecule has 1 amide bonds. The van der Waals surface area contributed by atoms with E-state index >= 15 is 0 Å². The maximum atomic E-state index is 12.6. The number of aryl methyl sites for hydroxylation is 1. The number of nitrogens with one attached hydrogen (secondary N) is 1. The third-order valence-electron chi connectivity index (χ3n) is 3.93. The molecule has 1 N–H and O–H groups in total. The van der Waals surface area contributed by atoms with Gasteiger partial charge in [0.15, 0.2) is 0 Å². The Morgan fingerprint density at radius 2 is 2.26 bits per heavy atom. The first-order chi connectivity index (χ1) is 9.13. The molecule has 0 spiro atoms. The second-order valence-corrected chi connectivity index (χ2v) is 6.00. The number of piperazine rings is 1. The van der Waals surface area contributed by atoms with Crippen molar-refractivity contribution in [3.63, 3.8) is 0 Å². The first kappa shape index (κ1) is 12.9. The Hall–Kier alpha value is -1.07. The summed E-state index contributed by atoms with van der Waals surface area (Å²) in [5.41, 5.74) is 3.48. The highest BCUT2D eigenvalue weighted by atomic mass is 79.9. The predicted molar refractivity (Wildman–Crippen MR) is 80.9 cm³/mol. The van der Waals surface area contributed by atoms with Crippen molar-refractivity contribution in [2.24, 2.45) is 0 Å². The van der Waals surface area contributed by atoms with Crippen LogP contribution in [0.2, 0.25) is 0 Å². The van der Waals surface area contributed by atoms with Crippen LogP contribution in [0.4, 0.5) is 11.4 Å². The standard InChI is InChI=1S/C14H18BrN3O/c1-3-17-11-7-10(15)6-9(2)13(11)18-5-4-16-8-12(18)14(17)19/h6-7,12,16H,3-5,8H2,1-2H3. The quantitative estimate of drug-likeness (QED) is 0.857. The van der Waals surface area contributed by atoms with Gasteiger partial charge in [-0.25, -0.2) is 0 Å². The Balaban J connectivity index is 2.19. The maximum absolute atomic E-state index is 12.6. The van der Waals surface area contributed by atoms with E-state index in [2.05, 4.69) is 45.2 Å². The molecule has 1 aromatic rings. The first-order valence-electron chi connectivity index (χ1n) is 6.72. The van der Waals surface area contributed by atoms with E-state index < -0.39 is 0 Å². The number of benzene rings is 1. The molecular weight excluding hydrogens is 306 g/mol. The molecule has 1 unspecified atom stereocenters. The van der Waals surface area contributed by atoms with Crippen molar-refractivity contribution in [1.29, 1.82) is 0 Å². The molecule has 2 aliphatic heterocycles. The number of hydrogen-bond acceptors (Lipinski definition) is 3. The average Bonchev–Trinajstić information content (AvgIpc) is 2.38. The zero-order valence-corrected chi connectivity index (χ0v) is 12.8. The summed E-state index contributed by atoms with van der Waals surface area (Å²) < 4.78 is 1.03. The van der Waals surface area contributed by atoms with Crippen LogP contribution in [0.25, 0.3) is 0 Å². The van der Waals surface area contributed by atoms with Crippen LogP contribution in [0.3, 0.4) is 0 Å². The molecule has 0 bridgehead atoms. The van der Waals surface area contributed by atoms with Crippen LogP contribution < -0.4 is 15.1 Å². The van der Waals surface area contributed by atoms with Crippen LogP contribution >= 0.6 is 15.9 Å². The molecule has 0 saturated carbocycles. The average molecular weight is 324 g/mol. The van der Waals surface area contributed by atoms with Crippen molar-refractivity contribution in [3.8, 4) is 0 Å². The van der Waals surface area contributed by atoms with Gasteiger partial charge in [-0.05, 0) is 31.5 Å². The molecule has 2 heterocycles. The van der Waals surface area contributed by atoms with Gasteiger partial charge in [-0.2, -0.15) is 0 Å². The number of amides is 1. The predicted octanol–water partition coefficient (Wildman–Crippen LogP) is 1.90. The molecule has 19 heavy (non-hydrogen) atoms. The summed E-state index contributed by atoms with van der Waals surface area (Å²) in [6, 6.07) is 4.13. The number of likely N-dealkylation sites (N-methyl/N-ethyl adjacent to an activating group) is 1. The monoisotopic (exact) mass is 323 g/mol. The van der Waals surface area contributed by atoms with Crippen LogP contribution in [-0.2, 0) is 4.79 Å². The maximum Gasteiger partial charge on any atom is 0.251 e. The van der Waals surface area contributed by atoms with Gasteiger partial charge in [-0.1, -0.05) is 15.9 Å². The van der Waals surface area contributed by atoms with Crippen molar-refractivity contribution < 1.29 is 4.79 Å². The van der Waals surface area contributed by atoms with Gasteiger partial charge in [-0.15, -0.1) is 0 Å². The van der Waals surface area contributed by atoms with Crippen LogP contribution in [0.15, 0.2) is 16.6 Å². The highest BCUT2D eigenvalue weighted by molar-refractivity contribution is 9.10. The summed E-state index contributed by atoms with van der Waals surface area (Å²) in [7, 11) is 0. The number of carbonyl (C=O) groups is 1. The molecule has 3 rings (SSSR count). The third-order valence-corrected chi connectivity index (χ3v) is 4.39. The lowest BCUT2D eigenvalue weighted by molar-refractivity contribution is -0.120. The highest BCUT2D eigenvalue weighted by Gasteiger charge is 2.39. The second kappa shape index (κ2) is 4.80. The Morgan fingerprint density at radius 1 is 1.47 bits per heavy atom. The van der Waals surface area contributed by atoms with Crippen LogP contribution in [0.1, 0.15) is 12.5 Å².